The molecule has 0 spiro atoms. The Morgan fingerprint density at radius 3 is 2.71 bits per heavy atom. The molecule has 0 fully saturated rings. The first-order chi connectivity index (χ1) is 6.75. The van der Waals surface area contributed by atoms with E-state index < -0.39 is 11.1 Å². The van der Waals surface area contributed by atoms with E-state index in [1.165, 1.54) is 5.56 Å². The van der Waals surface area contributed by atoms with Crippen LogP contribution in [0.3, 0.4) is 0 Å². The Balaban J connectivity index is 2.23. The SMILES string of the molecule is Cc1ccc(C2=NCS(=O)ON2)cc1. The number of hydrogen-bond acceptors (Lipinski definition) is 4. The zero-order valence-corrected chi connectivity index (χ0v) is 8.50. The van der Waals surface area contributed by atoms with Gasteiger partial charge in [0.25, 0.3) is 0 Å². The van der Waals surface area contributed by atoms with Crippen LogP contribution < -0.4 is 5.48 Å². The average Bonchev–Trinajstić information content (AvgIpc) is 2.21. The third kappa shape index (κ3) is 2.00. The predicted molar refractivity (Wildman–Crippen MR) is 54.9 cm³/mol. The maximum absolute atomic E-state index is 10.8. The average molecular weight is 210 g/mol. The van der Waals surface area contributed by atoms with Gasteiger partial charge in [-0.2, -0.15) is 4.28 Å². The zero-order chi connectivity index (χ0) is 9.97. The number of hydrogen-bond donors (Lipinski definition) is 1. The van der Waals surface area contributed by atoms with Crippen molar-refractivity contribution in [1.82, 2.24) is 5.48 Å². The van der Waals surface area contributed by atoms with Gasteiger partial charge in [-0.25, -0.2) is 9.69 Å². The van der Waals surface area contributed by atoms with E-state index in [4.69, 9.17) is 4.28 Å². The summed E-state index contributed by atoms with van der Waals surface area (Å²) in [4.78, 5) is 4.09. The molecule has 0 saturated carbocycles. The van der Waals surface area contributed by atoms with E-state index in [1.54, 1.807) is 0 Å². The molecule has 0 saturated heterocycles. The third-order valence-electron chi connectivity index (χ3n) is 1.88. The highest BCUT2D eigenvalue weighted by atomic mass is 32.2. The van der Waals surface area contributed by atoms with Crippen molar-refractivity contribution >= 4 is 16.9 Å². The minimum atomic E-state index is -1.34. The molecule has 1 heterocycles. The summed E-state index contributed by atoms with van der Waals surface area (Å²) >= 11 is -1.34. The van der Waals surface area contributed by atoms with Gasteiger partial charge in [0.15, 0.2) is 5.84 Å². The first-order valence-electron chi connectivity index (χ1n) is 4.19. The van der Waals surface area contributed by atoms with Gasteiger partial charge in [0.05, 0.1) is 0 Å². The van der Waals surface area contributed by atoms with E-state index in [9.17, 15) is 4.21 Å². The molecule has 1 unspecified atom stereocenters. The van der Waals surface area contributed by atoms with Gasteiger partial charge in [-0.15, -0.1) is 0 Å². The molecule has 2 rings (SSSR count). The van der Waals surface area contributed by atoms with E-state index in [-0.39, 0.29) is 5.88 Å². The summed E-state index contributed by atoms with van der Waals surface area (Å²) in [5, 5.41) is 0. The molecule has 0 aliphatic carbocycles. The van der Waals surface area contributed by atoms with Crippen molar-refractivity contribution in [2.24, 2.45) is 4.99 Å². The van der Waals surface area contributed by atoms with Crippen LogP contribution in [0.5, 0.6) is 0 Å². The molecule has 0 bridgehead atoms. The smallest absolute Gasteiger partial charge is 0.201 e. The molecule has 74 valence electrons. The number of nitrogens with zero attached hydrogens (tertiary/aromatic N) is 1. The molecule has 1 N–H and O–H groups in total. The standard InChI is InChI=1S/C9H10N2O2S/c1-7-2-4-8(5-3-7)9-10-6-14(12)13-11-9/h2-5H,6H2,1H3,(H,10,11). The summed E-state index contributed by atoms with van der Waals surface area (Å²) in [6.45, 7) is 2.02. The first kappa shape index (κ1) is 9.36. The van der Waals surface area contributed by atoms with Crippen LogP contribution in [0.4, 0.5) is 0 Å². The summed E-state index contributed by atoms with van der Waals surface area (Å²) in [5.41, 5.74) is 4.68. The maximum atomic E-state index is 10.8. The number of amidine groups is 1. The second-order valence-electron chi connectivity index (χ2n) is 2.99. The number of nitrogens with one attached hydrogen (secondary N) is 1. The van der Waals surface area contributed by atoms with Crippen molar-refractivity contribution in [1.29, 1.82) is 0 Å². The molecule has 1 aromatic rings. The number of aryl methyl sites for hydroxylation is 1. The lowest BCUT2D eigenvalue weighted by molar-refractivity contribution is 0.287. The van der Waals surface area contributed by atoms with Crippen LogP contribution in [0, 0.1) is 6.92 Å². The van der Waals surface area contributed by atoms with E-state index >= 15 is 0 Å². The van der Waals surface area contributed by atoms with Crippen molar-refractivity contribution in [3.63, 3.8) is 0 Å². The van der Waals surface area contributed by atoms with E-state index in [0.717, 1.165) is 5.56 Å². The monoisotopic (exact) mass is 210 g/mol. The summed E-state index contributed by atoms with van der Waals surface area (Å²) in [6, 6.07) is 7.87. The molecule has 1 aliphatic rings. The summed E-state index contributed by atoms with van der Waals surface area (Å²) in [5.74, 6) is 0.820. The maximum Gasteiger partial charge on any atom is 0.201 e. The molecule has 4 nitrogen and oxygen atoms in total. The lowest BCUT2D eigenvalue weighted by Crippen LogP contribution is -2.31. The fraction of sp³-hybridized carbons (Fsp3) is 0.222. The second-order valence-corrected chi connectivity index (χ2v) is 4.02. The molecule has 0 radical (unpaired) electrons. The minimum Gasteiger partial charge on any atom is -0.250 e. The number of benzene rings is 1. The van der Waals surface area contributed by atoms with Gasteiger partial charge in [-0.05, 0) is 6.92 Å². The van der Waals surface area contributed by atoms with Crippen LogP contribution in [0.1, 0.15) is 11.1 Å². The van der Waals surface area contributed by atoms with Gasteiger partial charge < -0.3 is 0 Å². The Labute approximate surface area is 84.6 Å². The van der Waals surface area contributed by atoms with Crippen LogP contribution in [0.2, 0.25) is 0 Å². The largest absolute Gasteiger partial charge is 0.250 e. The molecule has 1 aromatic carbocycles. The third-order valence-corrected chi connectivity index (χ3v) is 2.49. The molecule has 5 heteroatoms. The molecule has 1 aliphatic heterocycles. The highest BCUT2D eigenvalue weighted by molar-refractivity contribution is 7.80. The number of hydroxylamine groups is 1. The van der Waals surface area contributed by atoms with Crippen molar-refractivity contribution in [3.05, 3.63) is 35.4 Å². The first-order valence-corrected chi connectivity index (χ1v) is 5.43. The Morgan fingerprint density at radius 2 is 2.14 bits per heavy atom. The number of aliphatic imine (C=N–C) groups is 1. The molecule has 0 amide bonds. The Morgan fingerprint density at radius 1 is 1.43 bits per heavy atom. The highest BCUT2D eigenvalue weighted by Crippen LogP contribution is 2.06. The predicted octanol–water partition coefficient (Wildman–Crippen LogP) is 0.898. The normalized spacial score (nSPS) is 21.2. The highest BCUT2D eigenvalue weighted by Gasteiger charge is 2.11. The summed E-state index contributed by atoms with van der Waals surface area (Å²) in [6.07, 6.45) is 0. The molecule has 1 atom stereocenters. The summed E-state index contributed by atoms with van der Waals surface area (Å²) < 4.78 is 15.6. The second kappa shape index (κ2) is 3.89. The van der Waals surface area contributed by atoms with Gasteiger partial charge >= 0.3 is 0 Å². The van der Waals surface area contributed by atoms with Crippen molar-refractivity contribution in [2.45, 2.75) is 6.92 Å². The zero-order valence-electron chi connectivity index (χ0n) is 7.69. The van der Waals surface area contributed by atoms with Crippen molar-refractivity contribution in [2.75, 3.05) is 5.88 Å². The molecular formula is C9H10N2O2S. The Hall–Kier alpha value is -1.20. The van der Waals surface area contributed by atoms with Crippen LogP contribution in [0.15, 0.2) is 29.3 Å². The lowest BCUT2D eigenvalue weighted by Gasteiger charge is -2.13. The van der Waals surface area contributed by atoms with Gasteiger partial charge in [0, 0.05) is 5.56 Å². The van der Waals surface area contributed by atoms with Crippen molar-refractivity contribution < 1.29 is 8.49 Å². The van der Waals surface area contributed by atoms with E-state index in [1.807, 2.05) is 31.2 Å². The topological polar surface area (TPSA) is 50.7 Å². The van der Waals surface area contributed by atoms with Gasteiger partial charge in [-0.1, -0.05) is 29.8 Å². The Kier molecular flexibility index (Phi) is 2.60. The summed E-state index contributed by atoms with van der Waals surface area (Å²) in [7, 11) is 0. The Bertz CT molecular complexity index is 386. The lowest BCUT2D eigenvalue weighted by atomic mass is 10.1. The molecular weight excluding hydrogens is 200 g/mol. The van der Waals surface area contributed by atoms with Gasteiger partial charge in [0.1, 0.15) is 5.88 Å². The van der Waals surface area contributed by atoms with Gasteiger partial charge in [-0.3, -0.25) is 4.99 Å². The van der Waals surface area contributed by atoms with Crippen LogP contribution in [-0.4, -0.2) is 15.9 Å². The van der Waals surface area contributed by atoms with E-state index in [0.29, 0.717) is 5.84 Å². The van der Waals surface area contributed by atoms with E-state index in [2.05, 4.69) is 10.5 Å². The van der Waals surface area contributed by atoms with Crippen LogP contribution in [0.25, 0.3) is 0 Å². The minimum absolute atomic E-state index is 0.191. The van der Waals surface area contributed by atoms with Crippen molar-refractivity contribution in [3.8, 4) is 0 Å². The molecule has 0 aromatic heterocycles. The van der Waals surface area contributed by atoms with Crippen LogP contribution >= 0.6 is 0 Å². The number of rotatable bonds is 1. The fourth-order valence-electron chi connectivity index (χ4n) is 1.12. The quantitative estimate of drug-likeness (QED) is 0.749. The van der Waals surface area contributed by atoms with Gasteiger partial charge in [0.2, 0.25) is 11.1 Å². The fourth-order valence-corrected chi connectivity index (χ4v) is 1.58. The van der Waals surface area contributed by atoms with Crippen LogP contribution in [-0.2, 0) is 15.4 Å². The molecule has 14 heavy (non-hydrogen) atoms.